The van der Waals surface area contributed by atoms with Gasteiger partial charge in [0.15, 0.2) is 0 Å². The van der Waals surface area contributed by atoms with Gasteiger partial charge < -0.3 is 15.2 Å². The molecule has 2 aromatic rings. The number of rotatable bonds is 5. The predicted octanol–water partition coefficient (Wildman–Crippen LogP) is 1.90. The lowest BCUT2D eigenvalue weighted by Crippen LogP contribution is -2.21. The van der Waals surface area contributed by atoms with Gasteiger partial charge in [0.25, 0.3) is 0 Å². The van der Waals surface area contributed by atoms with Crippen molar-refractivity contribution in [2.45, 2.75) is 13.8 Å². The van der Waals surface area contributed by atoms with Gasteiger partial charge in [-0.2, -0.15) is 0 Å². The lowest BCUT2D eigenvalue weighted by Gasteiger charge is -2.06. The largest absolute Gasteiger partial charge is 0.384 e. The maximum absolute atomic E-state index is 4.53. The average molecular weight is 232 g/mol. The van der Waals surface area contributed by atoms with Crippen LogP contribution in [-0.2, 0) is 7.05 Å². The Balaban J connectivity index is 2.09. The minimum Gasteiger partial charge on any atom is -0.384 e. The van der Waals surface area contributed by atoms with Gasteiger partial charge in [-0.1, -0.05) is 6.92 Å². The summed E-state index contributed by atoms with van der Waals surface area (Å²) in [7, 11) is 2.04. The first-order valence-electron chi connectivity index (χ1n) is 6.10. The number of benzene rings is 1. The number of fused-ring (bicyclic) bond motifs is 1. The lowest BCUT2D eigenvalue weighted by atomic mass is 10.2. The smallest absolute Gasteiger partial charge is 0.106 e. The maximum atomic E-state index is 4.53. The van der Waals surface area contributed by atoms with E-state index in [1.807, 2.05) is 14.0 Å². The highest BCUT2D eigenvalue weighted by Gasteiger charge is 2.04. The van der Waals surface area contributed by atoms with E-state index in [4.69, 9.17) is 0 Å². The summed E-state index contributed by atoms with van der Waals surface area (Å²) in [5.41, 5.74) is 3.37. The third-order valence-electron chi connectivity index (χ3n) is 2.99. The van der Waals surface area contributed by atoms with Crippen molar-refractivity contribution < 1.29 is 0 Å². The van der Waals surface area contributed by atoms with Crippen LogP contribution in [0.4, 0.5) is 5.69 Å². The van der Waals surface area contributed by atoms with Crippen LogP contribution < -0.4 is 10.6 Å². The minimum absolute atomic E-state index is 0.936. The van der Waals surface area contributed by atoms with Crippen LogP contribution in [0.3, 0.4) is 0 Å². The van der Waals surface area contributed by atoms with Crippen LogP contribution in [0.15, 0.2) is 18.2 Å². The summed E-state index contributed by atoms with van der Waals surface area (Å²) in [6.07, 6.45) is 0. The molecule has 17 heavy (non-hydrogen) atoms. The van der Waals surface area contributed by atoms with E-state index in [0.29, 0.717) is 0 Å². The molecule has 0 aliphatic heterocycles. The molecule has 0 amide bonds. The fourth-order valence-electron chi connectivity index (χ4n) is 1.90. The zero-order valence-electron chi connectivity index (χ0n) is 10.7. The molecule has 0 unspecified atom stereocenters. The number of imidazole rings is 1. The Hall–Kier alpha value is -1.55. The first-order valence-corrected chi connectivity index (χ1v) is 6.10. The summed E-state index contributed by atoms with van der Waals surface area (Å²) >= 11 is 0. The second kappa shape index (κ2) is 5.19. The van der Waals surface area contributed by atoms with E-state index in [1.54, 1.807) is 0 Å². The van der Waals surface area contributed by atoms with Crippen LogP contribution in [-0.4, -0.2) is 29.2 Å². The molecular formula is C13H20N4. The molecule has 4 heteroatoms. The van der Waals surface area contributed by atoms with Crippen molar-refractivity contribution in [1.29, 1.82) is 0 Å². The molecule has 2 N–H and O–H groups in total. The molecule has 0 aliphatic rings. The van der Waals surface area contributed by atoms with E-state index >= 15 is 0 Å². The standard InChI is InChI=1S/C13H20N4/c1-4-14-7-8-15-11-5-6-13-12(9-11)16-10(2)17(13)3/h5-6,9,14-15H,4,7-8H2,1-3H3. The summed E-state index contributed by atoms with van der Waals surface area (Å²) in [6.45, 7) is 7.07. The maximum Gasteiger partial charge on any atom is 0.106 e. The Morgan fingerprint density at radius 2 is 2.12 bits per heavy atom. The zero-order chi connectivity index (χ0) is 12.3. The number of anilines is 1. The Kier molecular flexibility index (Phi) is 3.64. The summed E-state index contributed by atoms with van der Waals surface area (Å²) in [4.78, 5) is 4.53. The highest BCUT2D eigenvalue weighted by Crippen LogP contribution is 2.18. The highest BCUT2D eigenvalue weighted by molar-refractivity contribution is 5.80. The summed E-state index contributed by atoms with van der Waals surface area (Å²) in [5, 5.41) is 6.68. The number of aryl methyl sites for hydroxylation is 2. The number of aromatic nitrogens is 2. The molecule has 0 saturated carbocycles. The fourth-order valence-corrected chi connectivity index (χ4v) is 1.90. The lowest BCUT2D eigenvalue weighted by molar-refractivity contribution is 0.739. The van der Waals surface area contributed by atoms with Gasteiger partial charge in [-0.15, -0.1) is 0 Å². The number of hydrogen-bond donors (Lipinski definition) is 2. The molecular weight excluding hydrogens is 212 g/mol. The number of nitrogens with one attached hydrogen (secondary N) is 2. The van der Waals surface area contributed by atoms with Crippen LogP contribution in [0, 0.1) is 6.92 Å². The first kappa shape index (κ1) is 11.9. The van der Waals surface area contributed by atoms with Crippen LogP contribution in [0.1, 0.15) is 12.7 Å². The Morgan fingerprint density at radius 1 is 1.29 bits per heavy atom. The average Bonchev–Trinajstić information content (AvgIpc) is 2.61. The van der Waals surface area contributed by atoms with Crippen molar-refractivity contribution in [3.05, 3.63) is 24.0 Å². The third kappa shape index (κ3) is 2.58. The zero-order valence-corrected chi connectivity index (χ0v) is 10.7. The molecule has 0 radical (unpaired) electrons. The molecule has 1 aromatic heterocycles. The second-order valence-corrected chi connectivity index (χ2v) is 4.20. The Labute approximate surface area is 102 Å². The van der Waals surface area contributed by atoms with Crippen LogP contribution in [0.5, 0.6) is 0 Å². The van der Waals surface area contributed by atoms with Gasteiger partial charge in [-0.25, -0.2) is 4.98 Å². The van der Waals surface area contributed by atoms with Crippen molar-refractivity contribution in [3.8, 4) is 0 Å². The van der Waals surface area contributed by atoms with Gasteiger partial charge in [0.05, 0.1) is 11.0 Å². The van der Waals surface area contributed by atoms with Crippen molar-refractivity contribution in [3.63, 3.8) is 0 Å². The quantitative estimate of drug-likeness (QED) is 0.774. The van der Waals surface area contributed by atoms with Gasteiger partial charge in [-0.3, -0.25) is 0 Å². The molecule has 0 aliphatic carbocycles. The molecule has 0 bridgehead atoms. The van der Waals surface area contributed by atoms with Crippen molar-refractivity contribution in [2.24, 2.45) is 7.05 Å². The SMILES string of the molecule is CCNCCNc1ccc2c(c1)nc(C)n2C. The first-order chi connectivity index (χ1) is 8.22. The van der Waals surface area contributed by atoms with E-state index in [-0.39, 0.29) is 0 Å². The number of nitrogens with zero attached hydrogens (tertiary/aromatic N) is 2. The summed E-state index contributed by atoms with van der Waals surface area (Å²) < 4.78 is 2.11. The molecule has 0 fully saturated rings. The molecule has 1 aromatic carbocycles. The molecule has 0 saturated heterocycles. The fraction of sp³-hybridized carbons (Fsp3) is 0.462. The third-order valence-corrected chi connectivity index (χ3v) is 2.99. The van der Waals surface area contributed by atoms with Crippen molar-refractivity contribution in [1.82, 2.24) is 14.9 Å². The topological polar surface area (TPSA) is 41.9 Å². The van der Waals surface area contributed by atoms with Gasteiger partial charge >= 0.3 is 0 Å². The highest BCUT2D eigenvalue weighted by atomic mass is 15.1. The summed E-state index contributed by atoms with van der Waals surface area (Å²) in [6, 6.07) is 6.33. The second-order valence-electron chi connectivity index (χ2n) is 4.20. The molecule has 1 heterocycles. The van der Waals surface area contributed by atoms with Crippen LogP contribution in [0.2, 0.25) is 0 Å². The molecule has 0 spiro atoms. The van der Waals surface area contributed by atoms with Crippen LogP contribution >= 0.6 is 0 Å². The van der Waals surface area contributed by atoms with E-state index in [9.17, 15) is 0 Å². The van der Waals surface area contributed by atoms with E-state index in [0.717, 1.165) is 36.7 Å². The van der Waals surface area contributed by atoms with E-state index in [1.165, 1.54) is 5.52 Å². The Morgan fingerprint density at radius 3 is 2.88 bits per heavy atom. The molecule has 92 valence electrons. The van der Waals surface area contributed by atoms with Crippen LogP contribution in [0.25, 0.3) is 11.0 Å². The normalized spacial score (nSPS) is 11.0. The van der Waals surface area contributed by atoms with Gasteiger partial charge in [0, 0.05) is 25.8 Å². The van der Waals surface area contributed by atoms with Gasteiger partial charge in [0.1, 0.15) is 5.82 Å². The molecule has 4 nitrogen and oxygen atoms in total. The molecule has 2 rings (SSSR count). The van der Waals surface area contributed by atoms with E-state index in [2.05, 4.69) is 45.3 Å². The van der Waals surface area contributed by atoms with Crippen molar-refractivity contribution in [2.75, 3.05) is 25.0 Å². The number of hydrogen-bond acceptors (Lipinski definition) is 3. The monoisotopic (exact) mass is 232 g/mol. The molecule has 0 atom stereocenters. The Bertz CT molecular complexity index is 501. The minimum atomic E-state index is 0.936. The van der Waals surface area contributed by atoms with Gasteiger partial charge in [-0.05, 0) is 31.7 Å². The number of likely N-dealkylation sites (N-methyl/N-ethyl adjacent to an activating group) is 1. The van der Waals surface area contributed by atoms with Crippen molar-refractivity contribution >= 4 is 16.7 Å². The van der Waals surface area contributed by atoms with E-state index < -0.39 is 0 Å². The van der Waals surface area contributed by atoms with Gasteiger partial charge in [0.2, 0.25) is 0 Å². The summed E-state index contributed by atoms with van der Waals surface area (Å²) in [5.74, 6) is 1.05. The predicted molar refractivity (Wildman–Crippen MR) is 72.5 cm³/mol.